The highest BCUT2D eigenvalue weighted by Gasteiger charge is 2.43. The van der Waals surface area contributed by atoms with Crippen LogP contribution in [0.1, 0.15) is 52.8 Å². The number of carboxylic acid groups (broad SMARTS) is 1. The third-order valence-electron chi connectivity index (χ3n) is 6.26. The molecule has 6 nitrogen and oxygen atoms in total. The van der Waals surface area contributed by atoms with Gasteiger partial charge in [-0.25, -0.2) is 4.79 Å². The molecule has 5 rings (SSSR count). The van der Waals surface area contributed by atoms with Crippen molar-refractivity contribution < 1.29 is 23.9 Å². The summed E-state index contributed by atoms with van der Waals surface area (Å²) in [5.74, 6) is -0.997. The van der Waals surface area contributed by atoms with E-state index in [0.29, 0.717) is 35.6 Å². The van der Waals surface area contributed by atoms with Gasteiger partial charge in [0.1, 0.15) is 5.76 Å². The van der Waals surface area contributed by atoms with Gasteiger partial charge in [-0.05, 0) is 54.3 Å². The first-order valence-electron chi connectivity index (χ1n) is 10.5. The van der Waals surface area contributed by atoms with Crippen molar-refractivity contribution in [1.29, 1.82) is 0 Å². The van der Waals surface area contributed by atoms with Gasteiger partial charge >= 0.3 is 5.97 Å². The van der Waals surface area contributed by atoms with Crippen molar-refractivity contribution >= 4 is 23.3 Å². The smallest absolute Gasteiger partial charge is 0.335 e. The topological polar surface area (TPSA) is 87.8 Å². The minimum atomic E-state index is -1.03. The third-order valence-corrected chi connectivity index (χ3v) is 6.26. The van der Waals surface area contributed by atoms with Crippen molar-refractivity contribution in [2.24, 2.45) is 0 Å². The highest BCUT2D eigenvalue weighted by Crippen LogP contribution is 2.47. The van der Waals surface area contributed by atoms with Gasteiger partial charge in [0.15, 0.2) is 5.78 Å². The molecule has 2 aliphatic rings. The molecule has 0 saturated heterocycles. The molecule has 0 fully saturated rings. The van der Waals surface area contributed by atoms with Crippen molar-refractivity contribution in [1.82, 2.24) is 0 Å². The van der Waals surface area contributed by atoms with Crippen LogP contribution < -0.4 is 4.90 Å². The number of ketones is 1. The lowest BCUT2D eigenvalue weighted by atomic mass is 9.74. The van der Waals surface area contributed by atoms with E-state index in [-0.39, 0.29) is 29.6 Å². The van der Waals surface area contributed by atoms with Crippen LogP contribution >= 0.6 is 0 Å². The number of amides is 1. The minimum absolute atomic E-state index is 0.0150. The Morgan fingerprint density at radius 3 is 2.31 bits per heavy atom. The Balaban J connectivity index is 1.62. The van der Waals surface area contributed by atoms with E-state index >= 15 is 0 Å². The molecule has 2 aromatic carbocycles. The molecule has 160 valence electrons. The fraction of sp³-hybridized carbons (Fsp3) is 0.192. The normalized spacial score (nSPS) is 20.9. The van der Waals surface area contributed by atoms with Gasteiger partial charge in [-0.1, -0.05) is 30.3 Å². The summed E-state index contributed by atoms with van der Waals surface area (Å²) < 4.78 is 5.59. The molecule has 6 heteroatoms. The molecule has 0 radical (unpaired) electrons. The van der Waals surface area contributed by atoms with E-state index < -0.39 is 11.9 Å². The van der Waals surface area contributed by atoms with Crippen molar-refractivity contribution in [3.8, 4) is 0 Å². The van der Waals surface area contributed by atoms with Crippen LogP contribution in [-0.4, -0.2) is 22.8 Å². The molecule has 1 amide bonds. The van der Waals surface area contributed by atoms with E-state index in [2.05, 4.69) is 0 Å². The lowest BCUT2D eigenvalue weighted by Crippen LogP contribution is -2.41. The highest BCUT2D eigenvalue weighted by atomic mass is 16.4. The fourth-order valence-corrected chi connectivity index (χ4v) is 4.78. The zero-order valence-electron chi connectivity index (χ0n) is 17.2. The molecule has 1 aromatic heterocycles. The largest absolute Gasteiger partial charge is 0.478 e. The van der Waals surface area contributed by atoms with Crippen LogP contribution in [0.2, 0.25) is 0 Å². The van der Waals surface area contributed by atoms with Crippen molar-refractivity contribution in [2.75, 3.05) is 4.90 Å². The maximum atomic E-state index is 13.4. The highest BCUT2D eigenvalue weighted by molar-refractivity contribution is 6.08. The number of hydrogen-bond acceptors (Lipinski definition) is 4. The number of hydrogen-bond donors (Lipinski definition) is 1. The molecule has 2 atom stereocenters. The number of furan rings is 1. The zero-order chi connectivity index (χ0) is 22.2. The van der Waals surface area contributed by atoms with E-state index in [0.717, 1.165) is 5.56 Å². The van der Waals surface area contributed by atoms with Crippen LogP contribution in [-0.2, 0) is 9.59 Å². The molecule has 0 bridgehead atoms. The summed E-state index contributed by atoms with van der Waals surface area (Å²) in [7, 11) is 0. The predicted octanol–water partition coefficient (Wildman–Crippen LogP) is 4.90. The molecule has 0 saturated carbocycles. The van der Waals surface area contributed by atoms with Gasteiger partial charge in [0.2, 0.25) is 5.91 Å². The zero-order valence-corrected chi connectivity index (χ0v) is 17.2. The predicted molar refractivity (Wildman–Crippen MR) is 117 cm³/mol. The first-order valence-corrected chi connectivity index (χ1v) is 10.5. The summed E-state index contributed by atoms with van der Waals surface area (Å²) in [5.41, 5.74) is 3.06. The molecule has 1 aliphatic heterocycles. The van der Waals surface area contributed by atoms with Crippen LogP contribution in [0, 0.1) is 0 Å². The van der Waals surface area contributed by atoms with Crippen LogP contribution in [0.4, 0.5) is 5.69 Å². The number of Topliss-reactive ketones (excluding diaryl/α,β-unsaturated/α-hetero) is 1. The number of anilines is 1. The van der Waals surface area contributed by atoms with E-state index in [9.17, 15) is 19.5 Å². The Morgan fingerprint density at radius 2 is 1.66 bits per heavy atom. The summed E-state index contributed by atoms with van der Waals surface area (Å²) in [5, 5.41) is 9.22. The van der Waals surface area contributed by atoms with E-state index in [1.807, 2.05) is 30.3 Å². The molecule has 2 heterocycles. The van der Waals surface area contributed by atoms with Crippen LogP contribution in [0.15, 0.2) is 88.7 Å². The van der Waals surface area contributed by atoms with E-state index in [4.69, 9.17) is 4.42 Å². The van der Waals surface area contributed by atoms with Gasteiger partial charge in [0.25, 0.3) is 0 Å². The SMILES string of the molecule is O=C1CC(c2ccccc2)CC2=C1C(c1ccco1)CC(=O)N2c1ccc(C(=O)O)cc1. The second-order valence-corrected chi connectivity index (χ2v) is 8.15. The molecule has 32 heavy (non-hydrogen) atoms. The summed E-state index contributed by atoms with van der Waals surface area (Å²) in [6, 6.07) is 19.6. The second kappa shape index (κ2) is 7.96. The van der Waals surface area contributed by atoms with Crippen molar-refractivity contribution in [3.63, 3.8) is 0 Å². The van der Waals surface area contributed by atoms with Gasteiger partial charge < -0.3 is 9.52 Å². The summed E-state index contributed by atoms with van der Waals surface area (Å²) in [6.45, 7) is 0. The quantitative estimate of drug-likeness (QED) is 0.640. The lowest BCUT2D eigenvalue weighted by Gasteiger charge is -2.40. The first-order chi connectivity index (χ1) is 15.5. The van der Waals surface area contributed by atoms with E-state index in [1.165, 1.54) is 12.1 Å². The van der Waals surface area contributed by atoms with Crippen molar-refractivity contribution in [2.45, 2.75) is 31.1 Å². The van der Waals surface area contributed by atoms with Gasteiger partial charge in [-0.3, -0.25) is 14.5 Å². The number of carboxylic acids is 1. The van der Waals surface area contributed by atoms with Crippen LogP contribution in [0.3, 0.4) is 0 Å². The number of allylic oxidation sites excluding steroid dienone is 2. The standard InChI is InChI=1S/C26H21NO5/c28-22-14-18(16-5-2-1-3-6-16)13-21-25(22)20(23-7-4-12-32-23)15-24(29)27(21)19-10-8-17(9-11-19)26(30)31/h1-12,18,20H,13-15H2,(H,30,31). The Morgan fingerprint density at radius 1 is 0.906 bits per heavy atom. The Labute approximate surface area is 184 Å². The maximum absolute atomic E-state index is 13.4. The van der Waals surface area contributed by atoms with Gasteiger partial charge in [-0.15, -0.1) is 0 Å². The number of carbonyl (C=O) groups excluding carboxylic acids is 2. The Kier molecular flexibility index (Phi) is 4.98. The lowest BCUT2D eigenvalue weighted by molar-refractivity contribution is -0.120. The van der Waals surface area contributed by atoms with Gasteiger partial charge in [0, 0.05) is 29.8 Å². The average molecular weight is 427 g/mol. The number of carbonyl (C=O) groups is 3. The van der Waals surface area contributed by atoms with Crippen molar-refractivity contribution in [3.05, 3.63) is 101 Å². The molecule has 1 N–H and O–H groups in total. The Hall–Kier alpha value is -3.93. The number of aromatic carboxylic acids is 1. The van der Waals surface area contributed by atoms with E-state index in [1.54, 1.807) is 35.4 Å². The minimum Gasteiger partial charge on any atom is -0.478 e. The second-order valence-electron chi connectivity index (χ2n) is 8.15. The third kappa shape index (κ3) is 3.43. The molecule has 1 aliphatic carbocycles. The summed E-state index contributed by atoms with van der Waals surface area (Å²) in [4.78, 5) is 39.6. The average Bonchev–Trinajstić information content (AvgIpc) is 3.34. The summed E-state index contributed by atoms with van der Waals surface area (Å²) in [6.07, 6.45) is 2.58. The number of nitrogens with zero attached hydrogens (tertiary/aromatic N) is 1. The maximum Gasteiger partial charge on any atom is 0.335 e. The van der Waals surface area contributed by atoms with Crippen LogP contribution in [0.5, 0.6) is 0 Å². The summed E-state index contributed by atoms with van der Waals surface area (Å²) >= 11 is 0. The van der Waals surface area contributed by atoms with Crippen LogP contribution in [0.25, 0.3) is 0 Å². The molecule has 0 spiro atoms. The number of benzene rings is 2. The fourth-order valence-electron chi connectivity index (χ4n) is 4.78. The number of rotatable bonds is 4. The Bertz CT molecular complexity index is 1210. The molecule has 3 aromatic rings. The van der Waals surface area contributed by atoms with Gasteiger partial charge in [-0.2, -0.15) is 0 Å². The molecular weight excluding hydrogens is 406 g/mol. The molecular formula is C26H21NO5. The van der Waals surface area contributed by atoms with Gasteiger partial charge in [0.05, 0.1) is 17.7 Å². The monoisotopic (exact) mass is 427 g/mol. The first kappa shape index (κ1) is 20.0. The molecule has 2 unspecified atom stereocenters.